The third-order valence-electron chi connectivity index (χ3n) is 2.06. The zero-order chi connectivity index (χ0) is 14.7. The molecule has 0 fully saturated rings. The van der Waals surface area contributed by atoms with Gasteiger partial charge < -0.3 is 5.73 Å². The standard InChI is InChI=1S/C11H15NO5S2/c1-9-3-5-10(6-4-9)19(15,16)17-11(12)7-8-18(2,13)14/h3-8,11H,12H2,1-2H3/b8-7+. The lowest BCUT2D eigenvalue weighted by molar-refractivity contribution is 0.263. The molecular formula is C11H15NO5S2. The topological polar surface area (TPSA) is 104 Å². The molecule has 1 atom stereocenters. The van der Waals surface area contributed by atoms with Crippen molar-refractivity contribution in [2.75, 3.05) is 6.26 Å². The Balaban J connectivity index is 2.86. The number of aryl methyl sites for hydroxylation is 1. The largest absolute Gasteiger partial charge is 0.302 e. The Labute approximate surface area is 112 Å². The van der Waals surface area contributed by atoms with E-state index in [0.717, 1.165) is 23.3 Å². The molecule has 2 N–H and O–H groups in total. The minimum Gasteiger partial charge on any atom is -0.302 e. The van der Waals surface area contributed by atoms with Gasteiger partial charge in [-0.2, -0.15) is 8.42 Å². The van der Waals surface area contributed by atoms with Gasteiger partial charge in [0.05, 0.1) is 4.90 Å². The SMILES string of the molecule is Cc1ccc(S(=O)(=O)OC(N)/C=C/S(C)(=O)=O)cc1. The number of benzene rings is 1. The van der Waals surface area contributed by atoms with E-state index in [9.17, 15) is 16.8 Å². The van der Waals surface area contributed by atoms with Crippen molar-refractivity contribution in [2.24, 2.45) is 5.73 Å². The van der Waals surface area contributed by atoms with E-state index in [1.54, 1.807) is 12.1 Å². The average Bonchev–Trinajstić information content (AvgIpc) is 2.25. The van der Waals surface area contributed by atoms with Gasteiger partial charge in [-0.1, -0.05) is 17.7 Å². The van der Waals surface area contributed by atoms with E-state index < -0.39 is 26.2 Å². The molecule has 0 aromatic heterocycles. The summed E-state index contributed by atoms with van der Waals surface area (Å²) in [4.78, 5) is -0.0405. The van der Waals surface area contributed by atoms with Gasteiger partial charge in [-0.05, 0) is 25.1 Å². The van der Waals surface area contributed by atoms with Gasteiger partial charge in [-0.25, -0.2) is 12.6 Å². The molecule has 1 unspecified atom stereocenters. The molecule has 0 saturated carbocycles. The van der Waals surface area contributed by atoms with E-state index in [1.807, 2.05) is 6.92 Å². The molecule has 0 aliphatic carbocycles. The average molecular weight is 305 g/mol. The summed E-state index contributed by atoms with van der Waals surface area (Å²) in [7, 11) is -7.40. The van der Waals surface area contributed by atoms with Gasteiger partial charge in [0, 0.05) is 11.7 Å². The van der Waals surface area contributed by atoms with E-state index in [2.05, 4.69) is 4.18 Å². The van der Waals surface area contributed by atoms with Crippen LogP contribution in [0.15, 0.2) is 40.6 Å². The lowest BCUT2D eigenvalue weighted by Crippen LogP contribution is -2.25. The maximum atomic E-state index is 11.8. The maximum absolute atomic E-state index is 11.8. The van der Waals surface area contributed by atoms with E-state index in [0.29, 0.717) is 0 Å². The first-order valence-corrected chi connectivity index (χ1v) is 8.60. The van der Waals surface area contributed by atoms with E-state index >= 15 is 0 Å². The molecule has 1 aromatic rings. The third-order valence-corrected chi connectivity index (χ3v) is 4.04. The van der Waals surface area contributed by atoms with Crippen molar-refractivity contribution >= 4 is 20.0 Å². The van der Waals surface area contributed by atoms with Crippen LogP contribution in [0.5, 0.6) is 0 Å². The van der Waals surface area contributed by atoms with Crippen molar-refractivity contribution in [2.45, 2.75) is 18.0 Å². The fraction of sp³-hybridized carbons (Fsp3) is 0.273. The maximum Gasteiger partial charge on any atom is 0.298 e. The Morgan fingerprint density at radius 1 is 1.16 bits per heavy atom. The zero-order valence-electron chi connectivity index (χ0n) is 10.5. The van der Waals surface area contributed by atoms with Crippen molar-refractivity contribution < 1.29 is 21.0 Å². The summed E-state index contributed by atoms with van der Waals surface area (Å²) >= 11 is 0. The molecule has 0 bridgehead atoms. The molecule has 8 heteroatoms. The van der Waals surface area contributed by atoms with Crippen LogP contribution in [0.2, 0.25) is 0 Å². The molecule has 19 heavy (non-hydrogen) atoms. The quantitative estimate of drug-likeness (QED) is 0.629. The van der Waals surface area contributed by atoms with Crippen LogP contribution in [0.25, 0.3) is 0 Å². The molecule has 106 valence electrons. The molecule has 0 saturated heterocycles. The summed E-state index contributed by atoms with van der Waals surface area (Å²) in [6.07, 6.45) is 0.562. The van der Waals surface area contributed by atoms with Crippen LogP contribution in [0.1, 0.15) is 5.56 Å². The second-order valence-corrected chi connectivity index (χ2v) is 7.49. The first-order chi connectivity index (χ1) is 8.60. The highest BCUT2D eigenvalue weighted by molar-refractivity contribution is 7.93. The van der Waals surface area contributed by atoms with Crippen molar-refractivity contribution in [3.05, 3.63) is 41.3 Å². The second kappa shape index (κ2) is 5.83. The van der Waals surface area contributed by atoms with Crippen LogP contribution in [0.3, 0.4) is 0 Å². The van der Waals surface area contributed by atoms with E-state index in [4.69, 9.17) is 5.73 Å². The number of hydrogen-bond donors (Lipinski definition) is 1. The summed E-state index contributed by atoms with van der Waals surface area (Å²) < 4.78 is 50.0. The van der Waals surface area contributed by atoms with E-state index in [-0.39, 0.29) is 4.90 Å². The first-order valence-electron chi connectivity index (χ1n) is 5.24. The normalized spacial score (nSPS) is 14.7. The second-order valence-electron chi connectivity index (χ2n) is 3.99. The van der Waals surface area contributed by atoms with Crippen LogP contribution < -0.4 is 5.73 Å². The number of rotatable bonds is 5. The van der Waals surface area contributed by atoms with Crippen LogP contribution in [-0.4, -0.2) is 29.3 Å². The van der Waals surface area contributed by atoms with Crippen LogP contribution >= 0.6 is 0 Å². The Morgan fingerprint density at radius 3 is 2.16 bits per heavy atom. The van der Waals surface area contributed by atoms with Crippen LogP contribution in [-0.2, 0) is 24.1 Å². The van der Waals surface area contributed by atoms with Crippen LogP contribution in [0, 0.1) is 6.92 Å². The Kier molecular flexibility index (Phi) is 4.86. The lowest BCUT2D eigenvalue weighted by atomic mass is 10.2. The Morgan fingerprint density at radius 2 is 1.68 bits per heavy atom. The van der Waals surface area contributed by atoms with Gasteiger partial charge in [0.15, 0.2) is 9.84 Å². The summed E-state index contributed by atoms with van der Waals surface area (Å²) in [5.41, 5.74) is 6.28. The number of sulfone groups is 1. The highest BCUT2D eigenvalue weighted by atomic mass is 32.2. The molecule has 1 aromatic carbocycles. The fourth-order valence-electron chi connectivity index (χ4n) is 1.16. The van der Waals surface area contributed by atoms with Gasteiger partial charge in [0.1, 0.15) is 6.23 Å². The monoisotopic (exact) mass is 305 g/mol. The number of hydrogen-bond acceptors (Lipinski definition) is 6. The minimum absolute atomic E-state index is 0.0405. The lowest BCUT2D eigenvalue weighted by Gasteiger charge is -2.09. The smallest absolute Gasteiger partial charge is 0.298 e. The minimum atomic E-state index is -4.02. The highest BCUT2D eigenvalue weighted by Gasteiger charge is 2.18. The van der Waals surface area contributed by atoms with Crippen LogP contribution in [0.4, 0.5) is 0 Å². The first kappa shape index (κ1) is 15.8. The highest BCUT2D eigenvalue weighted by Crippen LogP contribution is 2.14. The Bertz CT molecular complexity index is 660. The van der Waals surface area contributed by atoms with Gasteiger partial charge in [0.2, 0.25) is 0 Å². The molecular weight excluding hydrogens is 290 g/mol. The summed E-state index contributed by atoms with van der Waals surface area (Å²) in [5, 5.41) is 0.794. The van der Waals surface area contributed by atoms with Gasteiger partial charge in [0.25, 0.3) is 10.1 Å². The van der Waals surface area contributed by atoms with E-state index in [1.165, 1.54) is 12.1 Å². The van der Waals surface area contributed by atoms with Crippen molar-refractivity contribution in [1.82, 2.24) is 0 Å². The molecule has 0 amide bonds. The molecule has 0 spiro atoms. The Hall–Kier alpha value is -1.22. The predicted octanol–water partition coefficient (Wildman–Crippen LogP) is 0.543. The fourth-order valence-corrected chi connectivity index (χ4v) is 2.54. The summed E-state index contributed by atoms with van der Waals surface area (Å²) in [6.45, 7) is 1.82. The molecule has 1 rings (SSSR count). The van der Waals surface area contributed by atoms with Gasteiger partial charge in [-0.3, -0.25) is 0 Å². The molecule has 0 radical (unpaired) electrons. The third kappa shape index (κ3) is 5.52. The molecule has 0 heterocycles. The van der Waals surface area contributed by atoms with Gasteiger partial charge in [-0.15, -0.1) is 0 Å². The van der Waals surface area contributed by atoms with Gasteiger partial charge >= 0.3 is 0 Å². The van der Waals surface area contributed by atoms with Crippen molar-refractivity contribution in [1.29, 1.82) is 0 Å². The summed E-state index contributed by atoms with van der Waals surface area (Å²) in [5.74, 6) is 0. The molecule has 6 nitrogen and oxygen atoms in total. The van der Waals surface area contributed by atoms with Crippen molar-refractivity contribution in [3.63, 3.8) is 0 Å². The summed E-state index contributed by atoms with van der Waals surface area (Å²) in [6, 6.07) is 6.01. The molecule has 0 aliphatic heterocycles. The zero-order valence-corrected chi connectivity index (χ0v) is 12.1. The van der Waals surface area contributed by atoms with Crippen molar-refractivity contribution in [3.8, 4) is 0 Å². The molecule has 0 aliphatic rings. The number of nitrogens with two attached hydrogens (primary N) is 1. The predicted molar refractivity (Wildman–Crippen MR) is 71.4 cm³/mol.